The van der Waals surface area contributed by atoms with E-state index >= 15 is 0 Å². The zero-order valence-corrected chi connectivity index (χ0v) is 23.3. The summed E-state index contributed by atoms with van der Waals surface area (Å²) in [6.45, 7) is 2.78. The van der Waals surface area contributed by atoms with E-state index in [9.17, 15) is 17.6 Å². The first-order valence-electron chi connectivity index (χ1n) is 12.6. The van der Waals surface area contributed by atoms with Crippen molar-refractivity contribution in [2.75, 3.05) is 32.0 Å². The van der Waals surface area contributed by atoms with Gasteiger partial charge in [0.05, 0.1) is 31.9 Å². The van der Waals surface area contributed by atoms with Crippen LogP contribution in [-0.2, 0) is 16.4 Å². The molecule has 1 atom stereocenters. The maximum absolute atomic E-state index is 13.4. The minimum Gasteiger partial charge on any atom is -0.494 e. The largest absolute Gasteiger partial charge is 0.494 e. The molecule has 15 heteroatoms. The Morgan fingerprint density at radius 3 is 2.32 bits per heavy atom. The Bertz CT molecular complexity index is 1650. The summed E-state index contributed by atoms with van der Waals surface area (Å²) in [5, 5.41) is 7.36. The fourth-order valence-electron chi connectivity index (χ4n) is 4.18. The number of para-hydroxylation sites is 1. The number of nitrogens with zero attached hydrogens (tertiary/aromatic N) is 7. The van der Waals surface area contributed by atoms with E-state index in [4.69, 9.17) is 9.47 Å². The number of nitrogens with one attached hydrogen (secondary N) is 1. The number of benzene rings is 1. The van der Waals surface area contributed by atoms with Crippen LogP contribution in [0.3, 0.4) is 0 Å². The fraction of sp³-hybridized carbons (Fsp3) is 0.308. The summed E-state index contributed by atoms with van der Waals surface area (Å²) in [7, 11) is -1.18. The van der Waals surface area contributed by atoms with E-state index in [-0.39, 0.29) is 41.3 Å². The highest BCUT2D eigenvalue weighted by Gasteiger charge is 2.30. The van der Waals surface area contributed by atoms with Crippen molar-refractivity contribution in [1.82, 2.24) is 34.6 Å². The number of pyridine rings is 1. The van der Waals surface area contributed by atoms with Gasteiger partial charge in [-0.1, -0.05) is 12.1 Å². The molecule has 13 nitrogen and oxygen atoms in total. The highest BCUT2D eigenvalue weighted by molar-refractivity contribution is 7.93. The molecule has 4 heterocycles. The number of halogens is 1. The molecule has 214 valence electrons. The van der Waals surface area contributed by atoms with E-state index < -0.39 is 21.1 Å². The molecule has 1 aromatic carbocycles. The van der Waals surface area contributed by atoms with Gasteiger partial charge in [0.15, 0.2) is 11.6 Å². The predicted molar refractivity (Wildman–Crippen MR) is 146 cm³/mol. The second-order valence-corrected chi connectivity index (χ2v) is 11.3. The number of aromatic nitrogens is 6. The van der Waals surface area contributed by atoms with E-state index in [1.165, 1.54) is 25.7 Å². The van der Waals surface area contributed by atoms with E-state index in [0.717, 1.165) is 18.8 Å². The number of methoxy groups -OCH3 is 2. The number of carbonyl (C=O) groups excluding carboxylic acids is 1. The van der Waals surface area contributed by atoms with Crippen LogP contribution in [0.15, 0.2) is 48.8 Å². The lowest BCUT2D eigenvalue weighted by atomic mass is 10.2. The van der Waals surface area contributed by atoms with Crippen LogP contribution in [0.25, 0.3) is 17.2 Å². The Labute approximate surface area is 235 Å². The number of ether oxygens (including phenoxy) is 2. The first-order valence-corrected chi connectivity index (χ1v) is 14.2. The van der Waals surface area contributed by atoms with Crippen LogP contribution in [-0.4, -0.2) is 81.5 Å². The lowest BCUT2D eigenvalue weighted by Gasteiger charge is -2.30. The summed E-state index contributed by atoms with van der Waals surface area (Å²) in [4.78, 5) is 26.8. The van der Waals surface area contributed by atoms with Gasteiger partial charge in [-0.25, -0.2) is 27.8 Å². The van der Waals surface area contributed by atoms with Crippen LogP contribution in [0.5, 0.6) is 11.5 Å². The smallest absolute Gasteiger partial charge is 0.272 e. The number of hydrogen-bond donors (Lipinski definition) is 1. The summed E-state index contributed by atoms with van der Waals surface area (Å²) in [6.07, 6.45) is 2.79. The van der Waals surface area contributed by atoms with Gasteiger partial charge >= 0.3 is 0 Å². The van der Waals surface area contributed by atoms with Gasteiger partial charge in [0.25, 0.3) is 5.91 Å². The molecule has 1 aliphatic rings. The third-order valence-corrected chi connectivity index (χ3v) is 8.23. The molecular weight excluding hydrogens is 555 g/mol. The molecule has 1 amide bonds. The standard InChI is InChI=1S/C26H27FN8O5S/c1-16(13-22-28-14-17(27)15-29-22)41(37,38)33-26-32-31-24(35(26)23-20(39-2)9-5-10-21(23)40-3)18-7-4-8-19(30-18)25(36)34-11-6-12-34/h4-5,7-10,14-16H,6,11-13H2,1-3H3,(H,32,33)/t16-/m0/s1. The van der Waals surface area contributed by atoms with E-state index in [0.29, 0.717) is 30.3 Å². The Morgan fingerprint density at radius 2 is 1.71 bits per heavy atom. The second-order valence-electron chi connectivity index (χ2n) is 9.23. The Morgan fingerprint density at radius 1 is 1.05 bits per heavy atom. The molecule has 5 rings (SSSR count). The van der Waals surface area contributed by atoms with Crippen molar-refractivity contribution in [1.29, 1.82) is 0 Å². The number of anilines is 1. The number of hydrogen-bond acceptors (Lipinski definition) is 10. The number of carbonyl (C=O) groups is 1. The summed E-state index contributed by atoms with van der Waals surface area (Å²) < 4.78 is 55.1. The zero-order valence-electron chi connectivity index (χ0n) is 22.5. The predicted octanol–water partition coefficient (Wildman–Crippen LogP) is 2.49. The van der Waals surface area contributed by atoms with Crippen LogP contribution in [0.2, 0.25) is 0 Å². The molecule has 1 saturated heterocycles. The highest BCUT2D eigenvalue weighted by Crippen LogP contribution is 2.37. The molecular formula is C26H27FN8O5S. The molecule has 1 fully saturated rings. The summed E-state index contributed by atoms with van der Waals surface area (Å²) >= 11 is 0. The molecule has 0 saturated carbocycles. The van der Waals surface area contributed by atoms with E-state index in [1.807, 2.05) is 0 Å². The van der Waals surface area contributed by atoms with Crippen LogP contribution in [0.4, 0.5) is 10.3 Å². The quantitative estimate of drug-likeness (QED) is 0.295. The van der Waals surface area contributed by atoms with E-state index in [2.05, 4.69) is 29.9 Å². The minimum atomic E-state index is -4.10. The molecule has 3 aromatic heterocycles. The normalized spacial score (nSPS) is 13.8. The van der Waals surface area contributed by atoms with Crippen molar-refractivity contribution in [3.8, 4) is 28.7 Å². The Hall–Kier alpha value is -4.66. The maximum Gasteiger partial charge on any atom is 0.272 e. The SMILES string of the molecule is COc1cccc(OC)c1-n1c(NS(=O)(=O)[C@@H](C)Cc2ncc(F)cn2)nnc1-c1cccc(C(=O)N2CCC2)n1. The maximum atomic E-state index is 13.4. The molecule has 0 bridgehead atoms. The summed E-state index contributed by atoms with van der Waals surface area (Å²) in [5.41, 5.74) is 0.805. The number of rotatable bonds is 10. The zero-order chi connectivity index (χ0) is 29.1. The van der Waals surface area contributed by atoms with Gasteiger partial charge in [0.1, 0.15) is 34.4 Å². The van der Waals surface area contributed by atoms with Crippen molar-refractivity contribution in [2.45, 2.75) is 25.0 Å². The van der Waals surface area contributed by atoms with Gasteiger partial charge < -0.3 is 14.4 Å². The molecule has 1 N–H and O–H groups in total. The lowest BCUT2D eigenvalue weighted by Crippen LogP contribution is -2.42. The van der Waals surface area contributed by atoms with Gasteiger partial charge in [0, 0.05) is 19.5 Å². The molecule has 0 radical (unpaired) electrons. The molecule has 0 spiro atoms. The fourth-order valence-corrected chi connectivity index (χ4v) is 5.14. The van der Waals surface area contributed by atoms with Crippen molar-refractivity contribution in [2.24, 2.45) is 0 Å². The second kappa shape index (κ2) is 11.4. The van der Waals surface area contributed by atoms with Crippen molar-refractivity contribution in [3.63, 3.8) is 0 Å². The summed E-state index contributed by atoms with van der Waals surface area (Å²) in [5.74, 6) is -0.0346. The minimum absolute atomic E-state index is 0.0865. The first kappa shape index (κ1) is 27.9. The van der Waals surface area contributed by atoms with Crippen molar-refractivity contribution < 1.29 is 27.1 Å². The Balaban J connectivity index is 1.59. The summed E-state index contributed by atoms with van der Waals surface area (Å²) in [6, 6.07) is 9.98. The molecule has 0 aliphatic carbocycles. The topological polar surface area (TPSA) is 154 Å². The van der Waals surface area contributed by atoms with Crippen LogP contribution < -0.4 is 14.2 Å². The third-order valence-electron chi connectivity index (χ3n) is 6.54. The Kier molecular flexibility index (Phi) is 7.79. The van der Waals surface area contributed by atoms with Gasteiger partial charge in [-0.05, 0) is 37.6 Å². The monoisotopic (exact) mass is 582 g/mol. The number of sulfonamides is 1. The molecule has 41 heavy (non-hydrogen) atoms. The highest BCUT2D eigenvalue weighted by atomic mass is 32.2. The third kappa shape index (κ3) is 5.66. The number of likely N-dealkylation sites (tertiary alicyclic amines) is 1. The first-order chi connectivity index (χ1) is 19.7. The van der Waals surface area contributed by atoms with Gasteiger partial charge in [0.2, 0.25) is 16.0 Å². The van der Waals surface area contributed by atoms with Crippen molar-refractivity contribution in [3.05, 3.63) is 66.1 Å². The molecule has 4 aromatic rings. The van der Waals surface area contributed by atoms with Gasteiger partial charge in [-0.3, -0.25) is 14.1 Å². The van der Waals surface area contributed by atoms with Crippen LogP contribution in [0, 0.1) is 5.82 Å². The average Bonchev–Trinajstić information content (AvgIpc) is 3.35. The van der Waals surface area contributed by atoms with Crippen LogP contribution in [0.1, 0.15) is 29.7 Å². The molecule has 0 unspecified atom stereocenters. The average molecular weight is 583 g/mol. The number of amides is 1. The van der Waals surface area contributed by atoms with Gasteiger partial charge in [-0.15, -0.1) is 10.2 Å². The van der Waals surface area contributed by atoms with Crippen molar-refractivity contribution >= 4 is 21.9 Å². The lowest BCUT2D eigenvalue weighted by molar-refractivity contribution is 0.0646. The van der Waals surface area contributed by atoms with Gasteiger partial charge in [-0.2, -0.15) is 0 Å². The molecule has 1 aliphatic heterocycles. The van der Waals surface area contributed by atoms with E-state index in [1.54, 1.807) is 41.3 Å². The van der Waals surface area contributed by atoms with Crippen LogP contribution >= 0.6 is 0 Å².